The number of aliphatic hydroxyl groups is 1. The fourth-order valence-corrected chi connectivity index (χ4v) is 3.66. The summed E-state index contributed by atoms with van der Waals surface area (Å²) in [5, 5.41) is 14.9. The second kappa shape index (κ2) is 7.51. The molecule has 2 atom stereocenters. The number of ether oxygens (including phenoxy) is 1. The summed E-state index contributed by atoms with van der Waals surface area (Å²) < 4.78 is 12.7. The Kier molecular flexibility index (Phi) is 5.38. The van der Waals surface area contributed by atoms with E-state index in [4.69, 9.17) is 9.15 Å². The highest BCUT2D eigenvalue weighted by molar-refractivity contribution is 5.29. The molecule has 0 unspecified atom stereocenters. The molecule has 6 heteroatoms. The minimum absolute atomic E-state index is 0.314. The molecule has 6 nitrogen and oxygen atoms in total. The van der Waals surface area contributed by atoms with Gasteiger partial charge in [0.1, 0.15) is 12.4 Å². The molecule has 2 aromatic heterocycles. The summed E-state index contributed by atoms with van der Waals surface area (Å²) in [7, 11) is 1.99. The van der Waals surface area contributed by atoms with Crippen LogP contribution in [-0.4, -0.2) is 45.6 Å². The van der Waals surface area contributed by atoms with Gasteiger partial charge in [0, 0.05) is 30.9 Å². The van der Waals surface area contributed by atoms with Crippen LogP contribution in [-0.2, 0) is 18.4 Å². The highest BCUT2D eigenvalue weighted by Crippen LogP contribution is 2.35. The van der Waals surface area contributed by atoms with Crippen molar-refractivity contribution in [3.05, 3.63) is 41.1 Å². The molecule has 1 saturated heterocycles. The van der Waals surface area contributed by atoms with Crippen LogP contribution in [0.25, 0.3) is 0 Å². The largest absolute Gasteiger partial charge is 0.467 e. The summed E-state index contributed by atoms with van der Waals surface area (Å²) >= 11 is 0. The third-order valence-corrected chi connectivity index (χ3v) is 4.84. The van der Waals surface area contributed by atoms with Crippen LogP contribution in [0.1, 0.15) is 41.6 Å². The second-order valence-electron chi connectivity index (χ2n) is 6.61. The lowest BCUT2D eigenvalue weighted by atomic mass is 10.0. The van der Waals surface area contributed by atoms with Crippen LogP contribution >= 0.6 is 0 Å². The lowest BCUT2D eigenvalue weighted by molar-refractivity contribution is 0.00301. The van der Waals surface area contributed by atoms with Gasteiger partial charge in [-0.25, -0.2) is 0 Å². The lowest BCUT2D eigenvalue weighted by Gasteiger charge is -2.27. The van der Waals surface area contributed by atoms with Gasteiger partial charge in [-0.15, -0.1) is 0 Å². The Hall–Kier alpha value is -1.63. The van der Waals surface area contributed by atoms with E-state index in [0.717, 1.165) is 30.8 Å². The molecule has 0 spiro atoms. The van der Waals surface area contributed by atoms with Crippen molar-refractivity contribution in [2.45, 2.75) is 45.4 Å². The van der Waals surface area contributed by atoms with E-state index >= 15 is 0 Å². The second-order valence-corrected chi connectivity index (χ2v) is 6.61. The van der Waals surface area contributed by atoms with Crippen molar-refractivity contribution in [2.24, 2.45) is 7.05 Å². The highest BCUT2D eigenvalue weighted by Gasteiger charge is 2.31. The van der Waals surface area contributed by atoms with E-state index in [2.05, 4.69) is 23.8 Å². The molecule has 1 fully saturated rings. The first-order valence-corrected chi connectivity index (χ1v) is 8.58. The third-order valence-electron chi connectivity index (χ3n) is 4.84. The van der Waals surface area contributed by atoms with E-state index in [0.29, 0.717) is 25.8 Å². The average Bonchev–Trinajstić information content (AvgIpc) is 3.24. The summed E-state index contributed by atoms with van der Waals surface area (Å²) in [4.78, 5) is 2.36. The van der Waals surface area contributed by atoms with Gasteiger partial charge < -0.3 is 14.3 Å². The molecule has 0 aromatic carbocycles. The van der Waals surface area contributed by atoms with Crippen LogP contribution in [0.4, 0.5) is 0 Å². The number of aromatic nitrogens is 2. The zero-order chi connectivity index (χ0) is 17.1. The summed E-state index contributed by atoms with van der Waals surface area (Å²) in [5.41, 5.74) is 3.63. The van der Waals surface area contributed by atoms with E-state index in [-0.39, 0.29) is 0 Å². The van der Waals surface area contributed by atoms with E-state index < -0.39 is 6.10 Å². The van der Waals surface area contributed by atoms with Crippen molar-refractivity contribution in [2.75, 3.05) is 19.7 Å². The summed E-state index contributed by atoms with van der Waals surface area (Å²) in [6, 6.07) is 4.05. The van der Waals surface area contributed by atoms with E-state index in [9.17, 15) is 5.11 Å². The summed E-state index contributed by atoms with van der Waals surface area (Å²) in [5.74, 6) is 0.780. The number of hydrogen-bond acceptors (Lipinski definition) is 5. The number of β-amino-alcohol motifs (C(OH)–C–C–N with tert-alkyl or cyclic N) is 1. The van der Waals surface area contributed by atoms with Gasteiger partial charge in [0.05, 0.1) is 24.7 Å². The first kappa shape index (κ1) is 17.2. The summed E-state index contributed by atoms with van der Waals surface area (Å²) in [6.45, 7) is 6.53. The molecule has 0 aliphatic carbocycles. The molecule has 1 aliphatic rings. The molecular formula is C18H27N3O3. The molecule has 0 radical (unpaired) electrons. The van der Waals surface area contributed by atoms with Crippen LogP contribution in [0.2, 0.25) is 0 Å². The molecule has 3 heterocycles. The number of aliphatic hydroxyl groups excluding tert-OH is 1. The predicted octanol–water partition coefficient (Wildman–Crippen LogP) is 2.34. The molecule has 0 bridgehead atoms. The molecule has 3 rings (SSSR count). The van der Waals surface area contributed by atoms with Gasteiger partial charge in [-0.05, 0) is 45.4 Å². The average molecular weight is 333 g/mol. The first-order valence-electron chi connectivity index (χ1n) is 8.58. The molecule has 1 aliphatic heterocycles. The van der Waals surface area contributed by atoms with Crippen LogP contribution in [0.15, 0.2) is 22.8 Å². The predicted molar refractivity (Wildman–Crippen MR) is 90.6 cm³/mol. The van der Waals surface area contributed by atoms with E-state index in [1.807, 2.05) is 23.9 Å². The van der Waals surface area contributed by atoms with Gasteiger partial charge in [-0.3, -0.25) is 9.58 Å². The molecule has 0 saturated carbocycles. The van der Waals surface area contributed by atoms with Crippen molar-refractivity contribution in [3.63, 3.8) is 0 Å². The quantitative estimate of drug-likeness (QED) is 0.843. The Labute approximate surface area is 143 Å². The minimum atomic E-state index is -0.502. The van der Waals surface area contributed by atoms with E-state index in [1.54, 1.807) is 6.26 Å². The van der Waals surface area contributed by atoms with Crippen LogP contribution < -0.4 is 0 Å². The van der Waals surface area contributed by atoms with Crippen molar-refractivity contribution < 1.29 is 14.3 Å². The zero-order valence-corrected chi connectivity index (χ0v) is 14.7. The molecule has 2 aromatic rings. The Bertz CT molecular complexity index is 651. The molecule has 0 amide bonds. The van der Waals surface area contributed by atoms with E-state index in [1.165, 1.54) is 11.3 Å². The van der Waals surface area contributed by atoms with Crippen LogP contribution in [0.5, 0.6) is 0 Å². The number of hydrogen-bond donors (Lipinski definition) is 1. The van der Waals surface area contributed by atoms with Gasteiger partial charge in [-0.1, -0.05) is 0 Å². The maximum absolute atomic E-state index is 10.3. The number of furan rings is 1. The Balaban J connectivity index is 1.55. The monoisotopic (exact) mass is 333 g/mol. The summed E-state index contributed by atoms with van der Waals surface area (Å²) in [6.07, 6.45) is 3.40. The van der Waals surface area contributed by atoms with Crippen molar-refractivity contribution >= 4 is 0 Å². The molecule has 24 heavy (non-hydrogen) atoms. The van der Waals surface area contributed by atoms with Gasteiger partial charge in [0.25, 0.3) is 0 Å². The van der Waals surface area contributed by atoms with Crippen molar-refractivity contribution in [1.82, 2.24) is 14.7 Å². The number of nitrogens with zero attached hydrogens (tertiary/aromatic N) is 3. The van der Waals surface area contributed by atoms with Crippen molar-refractivity contribution in [3.8, 4) is 0 Å². The fourth-order valence-electron chi connectivity index (χ4n) is 3.66. The van der Waals surface area contributed by atoms with Gasteiger partial charge in [0.15, 0.2) is 0 Å². The Morgan fingerprint density at radius 2 is 2.29 bits per heavy atom. The normalized spacial score (nSPS) is 19.9. The first-order chi connectivity index (χ1) is 11.6. The Morgan fingerprint density at radius 3 is 2.96 bits per heavy atom. The Morgan fingerprint density at radius 1 is 1.46 bits per heavy atom. The molecule has 1 N–H and O–H groups in total. The lowest BCUT2D eigenvalue weighted by Crippen LogP contribution is -2.35. The molecular weight excluding hydrogens is 306 g/mol. The minimum Gasteiger partial charge on any atom is -0.467 e. The van der Waals surface area contributed by atoms with Gasteiger partial charge in [-0.2, -0.15) is 5.10 Å². The van der Waals surface area contributed by atoms with Crippen molar-refractivity contribution in [1.29, 1.82) is 0 Å². The van der Waals surface area contributed by atoms with Crippen LogP contribution in [0.3, 0.4) is 0 Å². The smallest absolute Gasteiger partial charge is 0.129 e. The number of rotatable bonds is 7. The molecule has 132 valence electrons. The topological polar surface area (TPSA) is 63.7 Å². The highest BCUT2D eigenvalue weighted by atomic mass is 16.5. The van der Waals surface area contributed by atoms with Crippen LogP contribution in [0, 0.1) is 13.8 Å². The van der Waals surface area contributed by atoms with Gasteiger partial charge in [0.2, 0.25) is 0 Å². The van der Waals surface area contributed by atoms with Gasteiger partial charge >= 0.3 is 0 Å². The maximum Gasteiger partial charge on any atom is 0.129 e. The fraction of sp³-hybridized carbons (Fsp3) is 0.611. The standard InChI is InChI=1S/C18H27N3O3/c1-13-18(14(2)20(3)19-13)17-7-4-8-21(17)10-15(22)11-23-12-16-6-5-9-24-16/h5-6,9,15,17,22H,4,7-8,10-12H2,1-3H3/t15-,17+/m1/s1. The number of aryl methyl sites for hydroxylation is 2. The SMILES string of the molecule is Cc1nn(C)c(C)c1[C@@H]1CCCN1C[C@@H](O)COCc1ccco1. The number of likely N-dealkylation sites (tertiary alicyclic amines) is 1. The third kappa shape index (κ3) is 3.71. The maximum atomic E-state index is 10.3. The zero-order valence-electron chi connectivity index (χ0n) is 14.7.